The Kier molecular flexibility index (Phi) is 3.01. The van der Waals surface area contributed by atoms with E-state index in [1.54, 1.807) is 12.3 Å². The van der Waals surface area contributed by atoms with Crippen LogP contribution < -0.4 is 0 Å². The van der Waals surface area contributed by atoms with E-state index in [4.69, 9.17) is 23.8 Å². The Bertz CT molecular complexity index is 600. The molecular weight excluding hydrogens is 273 g/mol. The number of hydrogen-bond acceptors (Lipinski definition) is 1. The highest BCUT2D eigenvalue weighted by Gasteiger charge is 2.33. The van der Waals surface area contributed by atoms with Gasteiger partial charge in [0, 0.05) is 6.20 Å². The number of hydrogen-bond donors (Lipinski definition) is 1. The number of benzene rings is 1. The molecule has 0 atom stereocenters. The van der Waals surface area contributed by atoms with E-state index in [-0.39, 0.29) is 5.02 Å². The predicted molar refractivity (Wildman–Crippen MR) is 61.0 cm³/mol. The second-order valence-electron chi connectivity index (χ2n) is 3.32. The number of nitrogens with one attached hydrogen (secondary N) is 1. The Morgan fingerprint density at radius 1 is 1.24 bits per heavy atom. The van der Waals surface area contributed by atoms with Crippen molar-refractivity contribution in [3.05, 3.63) is 45.7 Å². The third-order valence-electron chi connectivity index (χ3n) is 2.14. The smallest absolute Gasteiger partial charge is 0.284 e. The molecule has 0 aliphatic rings. The third-order valence-corrected chi connectivity index (χ3v) is 2.70. The standard InChI is InChI=1S/C10H6ClF3N2S/c11-8-2-1-6(5-7(8)10(12,13)14)16-4-3-9(17)15-16/h1-5H,(H,15,17). The lowest BCUT2D eigenvalue weighted by Gasteiger charge is -2.11. The van der Waals surface area contributed by atoms with E-state index in [0.29, 0.717) is 10.3 Å². The number of rotatable bonds is 1. The lowest BCUT2D eigenvalue weighted by atomic mass is 10.2. The molecule has 1 aromatic carbocycles. The normalized spacial score (nSPS) is 11.8. The van der Waals surface area contributed by atoms with Gasteiger partial charge in [0.2, 0.25) is 0 Å². The van der Waals surface area contributed by atoms with Crippen LogP contribution in [0.25, 0.3) is 5.69 Å². The zero-order valence-electron chi connectivity index (χ0n) is 8.25. The monoisotopic (exact) mass is 278 g/mol. The summed E-state index contributed by atoms with van der Waals surface area (Å²) in [6.07, 6.45) is -2.93. The average molecular weight is 279 g/mol. The quantitative estimate of drug-likeness (QED) is 0.775. The molecule has 7 heteroatoms. The van der Waals surface area contributed by atoms with E-state index in [9.17, 15) is 13.2 Å². The van der Waals surface area contributed by atoms with Crippen LogP contribution in [0.2, 0.25) is 5.02 Å². The van der Waals surface area contributed by atoms with Crippen LogP contribution in [0, 0.1) is 4.64 Å². The second-order valence-corrected chi connectivity index (χ2v) is 4.17. The van der Waals surface area contributed by atoms with Crippen molar-refractivity contribution in [3.63, 3.8) is 0 Å². The molecule has 0 unspecified atom stereocenters. The molecule has 1 N–H and O–H groups in total. The topological polar surface area (TPSA) is 20.7 Å². The first-order chi connectivity index (χ1) is 7.88. The summed E-state index contributed by atoms with van der Waals surface area (Å²) >= 11 is 10.4. The van der Waals surface area contributed by atoms with Crippen LogP contribution in [-0.2, 0) is 6.18 Å². The van der Waals surface area contributed by atoms with Crippen molar-refractivity contribution >= 4 is 23.8 Å². The van der Waals surface area contributed by atoms with E-state index < -0.39 is 11.7 Å². The fraction of sp³-hybridized carbons (Fsp3) is 0.100. The van der Waals surface area contributed by atoms with E-state index >= 15 is 0 Å². The highest BCUT2D eigenvalue weighted by atomic mass is 35.5. The van der Waals surface area contributed by atoms with Gasteiger partial charge >= 0.3 is 6.18 Å². The summed E-state index contributed by atoms with van der Waals surface area (Å²) in [5.74, 6) is 0. The Balaban J connectivity index is 2.55. The number of alkyl halides is 3. The summed E-state index contributed by atoms with van der Waals surface area (Å²) in [6, 6.07) is 5.23. The van der Waals surface area contributed by atoms with Crippen molar-refractivity contribution < 1.29 is 13.2 Å². The van der Waals surface area contributed by atoms with Crippen molar-refractivity contribution in [1.82, 2.24) is 9.78 Å². The van der Waals surface area contributed by atoms with Crippen molar-refractivity contribution in [2.24, 2.45) is 0 Å². The number of halogens is 4. The largest absolute Gasteiger partial charge is 0.417 e. The molecular formula is C10H6ClF3N2S. The zero-order valence-corrected chi connectivity index (χ0v) is 9.83. The summed E-state index contributed by atoms with van der Waals surface area (Å²) in [7, 11) is 0. The lowest BCUT2D eigenvalue weighted by molar-refractivity contribution is -0.137. The van der Waals surface area contributed by atoms with Gasteiger partial charge in [-0.05, 0) is 24.3 Å². The van der Waals surface area contributed by atoms with Gasteiger partial charge in [-0.1, -0.05) is 23.8 Å². The van der Waals surface area contributed by atoms with Gasteiger partial charge in [0.15, 0.2) is 0 Å². The molecule has 0 aliphatic carbocycles. The highest BCUT2D eigenvalue weighted by molar-refractivity contribution is 7.71. The van der Waals surface area contributed by atoms with Crippen LogP contribution in [-0.4, -0.2) is 9.78 Å². The zero-order chi connectivity index (χ0) is 12.6. The van der Waals surface area contributed by atoms with Gasteiger partial charge in [-0.25, -0.2) is 0 Å². The predicted octanol–water partition coefficient (Wildman–Crippen LogP) is 4.21. The number of nitrogens with zero attached hydrogens (tertiary/aromatic N) is 1. The molecule has 2 aromatic rings. The molecule has 17 heavy (non-hydrogen) atoms. The van der Waals surface area contributed by atoms with Crippen LogP contribution in [0.5, 0.6) is 0 Å². The summed E-state index contributed by atoms with van der Waals surface area (Å²) in [5, 5.41) is 2.38. The van der Waals surface area contributed by atoms with Crippen molar-refractivity contribution in [3.8, 4) is 5.69 Å². The fourth-order valence-corrected chi connectivity index (χ4v) is 1.75. The second kappa shape index (κ2) is 4.19. The Hall–Kier alpha value is -1.27. The van der Waals surface area contributed by atoms with Crippen molar-refractivity contribution in [2.75, 3.05) is 0 Å². The summed E-state index contributed by atoms with van der Waals surface area (Å²) in [5.41, 5.74) is -0.553. The Labute approximate surface area is 105 Å². The molecule has 0 fully saturated rings. The minimum absolute atomic E-state index is 0.317. The fourth-order valence-electron chi connectivity index (χ4n) is 1.37. The molecule has 0 aliphatic heterocycles. The van der Waals surface area contributed by atoms with Gasteiger partial charge in [0.05, 0.1) is 16.3 Å². The SMILES string of the molecule is FC(F)(F)c1cc(-n2ccc(=S)[nH]2)ccc1Cl. The molecule has 1 aromatic heterocycles. The van der Waals surface area contributed by atoms with E-state index in [0.717, 1.165) is 6.07 Å². The third kappa shape index (κ3) is 2.53. The number of aromatic amines is 1. The van der Waals surface area contributed by atoms with Gasteiger partial charge in [0.25, 0.3) is 0 Å². The molecule has 0 saturated carbocycles. The lowest BCUT2D eigenvalue weighted by Crippen LogP contribution is -2.07. The van der Waals surface area contributed by atoms with Gasteiger partial charge < -0.3 is 0 Å². The minimum atomic E-state index is -4.48. The average Bonchev–Trinajstić information content (AvgIpc) is 2.64. The maximum absolute atomic E-state index is 12.6. The molecule has 0 bridgehead atoms. The molecule has 0 spiro atoms. The molecule has 1 heterocycles. The maximum atomic E-state index is 12.6. The molecule has 2 rings (SSSR count). The number of aromatic nitrogens is 2. The van der Waals surface area contributed by atoms with Crippen molar-refractivity contribution in [1.29, 1.82) is 0 Å². The summed E-state index contributed by atoms with van der Waals surface area (Å²) < 4.78 is 39.7. The van der Waals surface area contributed by atoms with Gasteiger partial charge in [-0.3, -0.25) is 9.78 Å². The molecule has 0 amide bonds. The first-order valence-electron chi connectivity index (χ1n) is 4.53. The number of H-pyrrole nitrogens is 1. The van der Waals surface area contributed by atoms with Crippen LogP contribution in [0.4, 0.5) is 13.2 Å². The molecule has 0 radical (unpaired) electrons. The summed E-state index contributed by atoms with van der Waals surface area (Å²) in [6.45, 7) is 0. The molecule has 0 saturated heterocycles. The summed E-state index contributed by atoms with van der Waals surface area (Å²) in [4.78, 5) is 0. The van der Waals surface area contributed by atoms with E-state index in [1.807, 2.05) is 0 Å². The van der Waals surface area contributed by atoms with Crippen LogP contribution >= 0.6 is 23.8 Å². The van der Waals surface area contributed by atoms with Gasteiger partial charge in [-0.2, -0.15) is 13.2 Å². The Morgan fingerprint density at radius 3 is 2.47 bits per heavy atom. The van der Waals surface area contributed by atoms with Crippen molar-refractivity contribution in [2.45, 2.75) is 6.18 Å². The molecule has 90 valence electrons. The van der Waals surface area contributed by atoms with E-state index in [1.165, 1.54) is 16.8 Å². The van der Waals surface area contributed by atoms with Gasteiger partial charge in [-0.15, -0.1) is 0 Å². The minimum Gasteiger partial charge on any atom is -0.284 e. The first kappa shape index (κ1) is 12.2. The highest BCUT2D eigenvalue weighted by Crippen LogP contribution is 2.35. The van der Waals surface area contributed by atoms with Gasteiger partial charge in [0.1, 0.15) is 4.64 Å². The van der Waals surface area contributed by atoms with Crippen LogP contribution in [0.3, 0.4) is 0 Å². The van der Waals surface area contributed by atoms with Crippen LogP contribution in [0.15, 0.2) is 30.5 Å². The van der Waals surface area contributed by atoms with Crippen LogP contribution in [0.1, 0.15) is 5.56 Å². The Morgan fingerprint density at radius 2 is 1.94 bits per heavy atom. The van der Waals surface area contributed by atoms with E-state index in [2.05, 4.69) is 5.10 Å². The first-order valence-corrected chi connectivity index (χ1v) is 5.31. The molecule has 2 nitrogen and oxygen atoms in total. The maximum Gasteiger partial charge on any atom is 0.417 e.